The van der Waals surface area contributed by atoms with E-state index in [1.165, 1.54) is 0 Å². The number of aromatic nitrogens is 1. The zero-order valence-corrected chi connectivity index (χ0v) is 11.0. The minimum atomic E-state index is 0.161. The van der Waals surface area contributed by atoms with Crippen molar-refractivity contribution in [3.8, 4) is 0 Å². The van der Waals surface area contributed by atoms with Crippen molar-refractivity contribution in [1.82, 2.24) is 10.3 Å². The molecule has 0 atom stereocenters. The summed E-state index contributed by atoms with van der Waals surface area (Å²) >= 11 is 3.37. The average Bonchev–Trinajstić information content (AvgIpc) is 3.11. The number of pyridine rings is 1. The molecule has 17 heavy (non-hydrogen) atoms. The van der Waals surface area contributed by atoms with Crippen LogP contribution in [0.2, 0.25) is 0 Å². The molecule has 0 aromatic carbocycles. The molecule has 1 fully saturated rings. The fraction of sp³-hybridized carbons (Fsp3) is 0.455. The molecule has 1 aromatic heterocycles. The second-order valence-electron chi connectivity index (χ2n) is 4.08. The summed E-state index contributed by atoms with van der Waals surface area (Å²) in [5.41, 5.74) is 7.19. The molecule has 1 aromatic rings. The Balaban J connectivity index is 1.75. The molecule has 1 heterocycles. The van der Waals surface area contributed by atoms with E-state index in [0.29, 0.717) is 18.8 Å². The van der Waals surface area contributed by atoms with E-state index in [9.17, 15) is 4.79 Å². The van der Waals surface area contributed by atoms with Crippen molar-refractivity contribution in [2.45, 2.75) is 12.8 Å². The fourth-order valence-electron chi connectivity index (χ4n) is 1.50. The average molecular weight is 299 g/mol. The highest BCUT2D eigenvalue weighted by Gasteiger charge is 2.28. The zero-order valence-electron chi connectivity index (χ0n) is 9.37. The van der Waals surface area contributed by atoms with Crippen molar-refractivity contribution in [3.63, 3.8) is 0 Å². The van der Waals surface area contributed by atoms with E-state index in [-0.39, 0.29) is 11.8 Å². The van der Waals surface area contributed by atoms with E-state index in [0.717, 1.165) is 23.0 Å². The topological polar surface area (TPSA) is 80.0 Å². The van der Waals surface area contributed by atoms with Crippen molar-refractivity contribution >= 4 is 33.2 Å². The van der Waals surface area contributed by atoms with E-state index in [4.69, 9.17) is 5.73 Å². The van der Waals surface area contributed by atoms with Gasteiger partial charge in [-0.3, -0.25) is 9.78 Å². The SMILES string of the molecule is Nc1cncc(Br)c1NCCNC(=O)C1CC1. The van der Waals surface area contributed by atoms with Crippen LogP contribution in [0, 0.1) is 5.92 Å². The lowest BCUT2D eigenvalue weighted by molar-refractivity contribution is -0.122. The summed E-state index contributed by atoms with van der Waals surface area (Å²) in [5, 5.41) is 6.05. The molecule has 0 unspecified atom stereocenters. The predicted molar refractivity (Wildman–Crippen MR) is 70.6 cm³/mol. The number of nitrogens with zero attached hydrogens (tertiary/aromatic N) is 1. The first-order valence-electron chi connectivity index (χ1n) is 5.59. The van der Waals surface area contributed by atoms with Crippen LogP contribution in [-0.2, 0) is 4.79 Å². The van der Waals surface area contributed by atoms with Gasteiger partial charge in [-0.15, -0.1) is 0 Å². The third kappa shape index (κ3) is 3.33. The van der Waals surface area contributed by atoms with Gasteiger partial charge >= 0.3 is 0 Å². The number of nitrogen functional groups attached to an aromatic ring is 1. The first kappa shape index (κ1) is 12.2. The molecule has 6 heteroatoms. The highest BCUT2D eigenvalue weighted by molar-refractivity contribution is 9.10. The summed E-state index contributed by atoms with van der Waals surface area (Å²) in [4.78, 5) is 15.3. The number of hydrogen-bond acceptors (Lipinski definition) is 4. The first-order chi connectivity index (χ1) is 8.18. The van der Waals surface area contributed by atoms with Gasteiger partial charge in [-0.1, -0.05) is 0 Å². The normalized spacial score (nSPS) is 14.4. The number of nitrogens with one attached hydrogen (secondary N) is 2. The van der Waals surface area contributed by atoms with Crippen LogP contribution >= 0.6 is 15.9 Å². The molecule has 1 aliphatic rings. The molecule has 1 saturated carbocycles. The smallest absolute Gasteiger partial charge is 0.223 e. The van der Waals surface area contributed by atoms with Crippen LogP contribution in [0.25, 0.3) is 0 Å². The number of nitrogens with two attached hydrogens (primary N) is 1. The second kappa shape index (κ2) is 5.35. The summed E-state index contributed by atoms with van der Waals surface area (Å²) in [6.07, 6.45) is 5.33. The second-order valence-corrected chi connectivity index (χ2v) is 4.93. The maximum absolute atomic E-state index is 11.4. The lowest BCUT2D eigenvalue weighted by Crippen LogP contribution is -2.30. The van der Waals surface area contributed by atoms with E-state index >= 15 is 0 Å². The Morgan fingerprint density at radius 3 is 2.88 bits per heavy atom. The minimum absolute atomic E-state index is 0.161. The zero-order chi connectivity index (χ0) is 12.3. The van der Waals surface area contributed by atoms with Crippen LogP contribution < -0.4 is 16.4 Å². The summed E-state index contributed by atoms with van der Waals surface area (Å²) in [6.45, 7) is 1.24. The molecule has 0 spiro atoms. The van der Waals surface area contributed by atoms with E-state index < -0.39 is 0 Å². The molecule has 4 N–H and O–H groups in total. The number of hydrogen-bond donors (Lipinski definition) is 3. The molecule has 1 aliphatic carbocycles. The predicted octanol–water partition coefficient (Wildman–Crippen LogP) is 1.36. The molecule has 5 nitrogen and oxygen atoms in total. The van der Waals surface area contributed by atoms with Gasteiger partial charge in [0.2, 0.25) is 5.91 Å². The maximum Gasteiger partial charge on any atom is 0.223 e. The molecule has 2 rings (SSSR count). The number of anilines is 2. The van der Waals surface area contributed by atoms with Crippen LogP contribution in [0.4, 0.5) is 11.4 Å². The Kier molecular flexibility index (Phi) is 3.83. The fourth-order valence-corrected chi connectivity index (χ4v) is 1.99. The van der Waals surface area contributed by atoms with Crippen LogP contribution in [0.1, 0.15) is 12.8 Å². The number of halogens is 1. The number of carbonyl (C=O) groups excluding carboxylic acids is 1. The summed E-state index contributed by atoms with van der Waals surface area (Å²) in [7, 11) is 0. The van der Waals surface area contributed by atoms with E-state index in [1.54, 1.807) is 12.4 Å². The molecular weight excluding hydrogens is 284 g/mol. The Labute approximate surface area is 108 Å². The van der Waals surface area contributed by atoms with Crippen molar-refractivity contribution in [2.24, 2.45) is 5.92 Å². The molecule has 0 saturated heterocycles. The van der Waals surface area contributed by atoms with Gasteiger partial charge in [0.15, 0.2) is 0 Å². The summed E-state index contributed by atoms with van der Waals surface area (Å²) < 4.78 is 0.825. The Morgan fingerprint density at radius 1 is 1.47 bits per heavy atom. The lowest BCUT2D eigenvalue weighted by atomic mass is 10.3. The quantitative estimate of drug-likeness (QED) is 0.717. The van der Waals surface area contributed by atoms with E-state index in [1.807, 2.05) is 0 Å². The third-order valence-corrected chi connectivity index (χ3v) is 3.20. The van der Waals surface area contributed by atoms with E-state index in [2.05, 4.69) is 31.5 Å². The molecule has 1 amide bonds. The Hall–Kier alpha value is -1.30. The van der Waals surface area contributed by atoms with Crippen LogP contribution in [0.3, 0.4) is 0 Å². The van der Waals surface area contributed by atoms with Gasteiger partial charge in [-0.2, -0.15) is 0 Å². The van der Waals surface area contributed by atoms with Crippen LogP contribution in [-0.4, -0.2) is 24.0 Å². The number of rotatable bonds is 5. The molecule has 0 bridgehead atoms. The Bertz CT molecular complexity index is 400. The van der Waals surface area contributed by atoms with Crippen LogP contribution in [0.15, 0.2) is 16.9 Å². The van der Waals surface area contributed by atoms with Gasteiger partial charge in [0.25, 0.3) is 0 Å². The maximum atomic E-state index is 11.4. The minimum Gasteiger partial charge on any atom is -0.396 e. The van der Waals surface area contributed by atoms with Crippen molar-refractivity contribution in [1.29, 1.82) is 0 Å². The third-order valence-electron chi connectivity index (χ3n) is 2.60. The molecular formula is C11H15BrN4O. The summed E-state index contributed by atoms with van der Waals surface area (Å²) in [5.74, 6) is 0.418. The van der Waals surface area contributed by atoms with Gasteiger partial charge in [-0.25, -0.2) is 0 Å². The van der Waals surface area contributed by atoms with Crippen molar-refractivity contribution in [2.75, 3.05) is 24.1 Å². The monoisotopic (exact) mass is 298 g/mol. The van der Waals surface area contributed by atoms with Crippen molar-refractivity contribution < 1.29 is 4.79 Å². The Morgan fingerprint density at radius 2 is 2.24 bits per heavy atom. The van der Waals surface area contributed by atoms with Gasteiger partial charge in [0, 0.05) is 25.2 Å². The molecule has 0 aliphatic heterocycles. The van der Waals surface area contributed by atoms with Gasteiger partial charge < -0.3 is 16.4 Å². The summed E-state index contributed by atoms with van der Waals surface area (Å²) in [6, 6.07) is 0. The van der Waals surface area contributed by atoms with Gasteiger partial charge in [0.1, 0.15) is 0 Å². The highest BCUT2D eigenvalue weighted by atomic mass is 79.9. The first-order valence-corrected chi connectivity index (χ1v) is 6.38. The largest absolute Gasteiger partial charge is 0.396 e. The highest BCUT2D eigenvalue weighted by Crippen LogP contribution is 2.28. The van der Waals surface area contributed by atoms with Crippen LogP contribution in [0.5, 0.6) is 0 Å². The van der Waals surface area contributed by atoms with Gasteiger partial charge in [0.05, 0.1) is 22.0 Å². The molecule has 92 valence electrons. The lowest BCUT2D eigenvalue weighted by Gasteiger charge is -2.11. The van der Waals surface area contributed by atoms with Gasteiger partial charge in [-0.05, 0) is 28.8 Å². The van der Waals surface area contributed by atoms with Crippen molar-refractivity contribution in [3.05, 3.63) is 16.9 Å². The number of carbonyl (C=O) groups is 1. The standard InChI is InChI=1S/C11H15BrN4O/c12-8-5-14-6-9(13)10(8)15-3-4-16-11(17)7-1-2-7/h5-7H,1-4,13H2,(H,14,15)(H,16,17). The molecule has 0 radical (unpaired) electrons. The number of amides is 1.